The highest BCUT2D eigenvalue weighted by Gasteiger charge is 2.11. The van der Waals surface area contributed by atoms with E-state index in [0.29, 0.717) is 0 Å². The van der Waals surface area contributed by atoms with E-state index in [2.05, 4.69) is 11.4 Å². The Balaban J connectivity index is 2.47. The van der Waals surface area contributed by atoms with Gasteiger partial charge in [-0.3, -0.25) is 4.68 Å². The van der Waals surface area contributed by atoms with Crippen molar-refractivity contribution in [3.63, 3.8) is 0 Å². The third kappa shape index (κ3) is 3.03. The lowest BCUT2D eigenvalue weighted by Crippen LogP contribution is -2.08. The summed E-state index contributed by atoms with van der Waals surface area (Å²) in [6, 6.07) is 1.90. The predicted octanol–water partition coefficient (Wildman–Crippen LogP) is 2.08. The van der Waals surface area contributed by atoms with Gasteiger partial charge in [0.15, 0.2) is 0 Å². The van der Waals surface area contributed by atoms with Crippen molar-refractivity contribution < 1.29 is 5.11 Å². The molecular weight excluding hydrogens is 196 g/mol. The van der Waals surface area contributed by atoms with Crippen molar-refractivity contribution in [2.24, 2.45) is 0 Å². The smallest absolute Gasteiger partial charge is 0.0957 e. The first-order chi connectivity index (χ1) is 6.79. The molecule has 14 heavy (non-hydrogen) atoms. The minimum Gasteiger partial charge on any atom is -0.387 e. The third-order valence-corrected chi connectivity index (χ3v) is 2.91. The highest BCUT2D eigenvalue weighted by atomic mass is 32.2. The molecule has 0 aliphatic rings. The van der Waals surface area contributed by atoms with Gasteiger partial charge in [-0.15, -0.1) is 0 Å². The Morgan fingerprint density at radius 2 is 2.43 bits per heavy atom. The Morgan fingerprint density at radius 3 is 3.07 bits per heavy atom. The monoisotopic (exact) mass is 214 g/mol. The first-order valence-electron chi connectivity index (χ1n) is 4.98. The fourth-order valence-corrected chi connectivity index (χ4v) is 1.91. The summed E-state index contributed by atoms with van der Waals surface area (Å²) in [7, 11) is 0. The molecule has 1 N–H and O–H groups in total. The topological polar surface area (TPSA) is 38.0 Å². The Kier molecular flexibility index (Phi) is 5.04. The molecule has 1 atom stereocenters. The molecular formula is C10H18N2OS. The van der Waals surface area contributed by atoms with Crippen LogP contribution in [0.3, 0.4) is 0 Å². The van der Waals surface area contributed by atoms with Crippen LogP contribution in [-0.4, -0.2) is 26.9 Å². The van der Waals surface area contributed by atoms with Crippen LogP contribution in [0.4, 0.5) is 0 Å². The van der Waals surface area contributed by atoms with E-state index >= 15 is 0 Å². The zero-order chi connectivity index (χ0) is 10.4. The van der Waals surface area contributed by atoms with Gasteiger partial charge in [0.2, 0.25) is 0 Å². The molecule has 0 aliphatic heterocycles. The van der Waals surface area contributed by atoms with E-state index in [-0.39, 0.29) is 6.10 Å². The van der Waals surface area contributed by atoms with Gasteiger partial charge in [0.05, 0.1) is 11.8 Å². The molecule has 1 aromatic heterocycles. The number of aromatic nitrogens is 2. The van der Waals surface area contributed by atoms with Crippen LogP contribution in [0, 0.1) is 0 Å². The second-order valence-electron chi connectivity index (χ2n) is 3.22. The molecule has 0 aliphatic carbocycles. The van der Waals surface area contributed by atoms with Crippen LogP contribution in [0.25, 0.3) is 0 Å². The molecule has 1 rings (SSSR count). The molecule has 1 heterocycles. The number of nitrogens with zero attached hydrogens (tertiary/aromatic N) is 2. The normalized spacial score (nSPS) is 13.1. The lowest BCUT2D eigenvalue weighted by Gasteiger charge is -2.11. The van der Waals surface area contributed by atoms with Crippen LogP contribution < -0.4 is 0 Å². The molecule has 1 aromatic rings. The maximum atomic E-state index is 9.88. The van der Waals surface area contributed by atoms with Gasteiger partial charge in [0, 0.05) is 12.7 Å². The van der Waals surface area contributed by atoms with Gasteiger partial charge in [-0.05, 0) is 37.8 Å². The van der Waals surface area contributed by atoms with Crippen LogP contribution in [0.15, 0.2) is 12.3 Å². The van der Waals surface area contributed by atoms with Crippen molar-refractivity contribution in [2.75, 3.05) is 12.0 Å². The summed E-state index contributed by atoms with van der Waals surface area (Å²) in [6.45, 7) is 2.85. The number of aryl methyl sites for hydroxylation is 1. The lowest BCUT2D eigenvalue weighted by molar-refractivity contribution is 0.156. The van der Waals surface area contributed by atoms with Crippen molar-refractivity contribution in [3.8, 4) is 0 Å². The fraction of sp³-hybridized carbons (Fsp3) is 0.700. The van der Waals surface area contributed by atoms with Crippen LogP contribution in [0.1, 0.15) is 31.6 Å². The average molecular weight is 214 g/mol. The number of aliphatic hydroxyl groups is 1. The number of hydrogen-bond donors (Lipinski definition) is 1. The van der Waals surface area contributed by atoms with Gasteiger partial charge in [-0.1, -0.05) is 0 Å². The van der Waals surface area contributed by atoms with Crippen molar-refractivity contribution in [1.82, 2.24) is 9.78 Å². The zero-order valence-corrected chi connectivity index (χ0v) is 9.63. The summed E-state index contributed by atoms with van der Waals surface area (Å²) in [6.07, 6.45) is 5.35. The standard InChI is InChI=1S/C10H18N2OS/c1-3-12-9(6-7-11-12)10(13)5-4-8-14-2/h6-7,10,13H,3-5,8H2,1-2H3. The summed E-state index contributed by atoms with van der Waals surface area (Å²) in [5.74, 6) is 1.11. The summed E-state index contributed by atoms with van der Waals surface area (Å²) in [4.78, 5) is 0. The molecule has 0 fully saturated rings. The molecule has 1 unspecified atom stereocenters. The van der Waals surface area contributed by atoms with E-state index < -0.39 is 0 Å². The average Bonchev–Trinajstić information content (AvgIpc) is 2.65. The Morgan fingerprint density at radius 1 is 1.64 bits per heavy atom. The van der Waals surface area contributed by atoms with Crippen LogP contribution >= 0.6 is 11.8 Å². The molecule has 0 saturated heterocycles. The Labute approximate surface area is 89.5 Å². The second-order valence-corrected chi connectivity index (χ2v) is 4.21. The summed E-state index contributed by atoms with van der Waals surface area (Å²) >= 11 is 1.82. The molecule has 0 aromatic carbocycles. The van der Waals surface area contributed by atoms with Gasteiger partial charge >= 0.3 is 0 Å². The first kappa shape index (κ1) is 11.6. The number of hydrogen-bond acceptors (Lipinski definition) is 3. The van der Waals surface area contributed by atoms with E-state index in [0.717, 1.165) is 30.8 Å². The van der Waals surface area contributed by atoms with Crippen LogP contribution in [0.5, 0.6) is 0 Å². The molecule has 80 valence electrons. The quantitative estimate of drug-likeness (QED) is 0.737. The van der Waals surface area contributed by atoms with E-state index in [9.17, 15) is 5.11 Å². The second kappa shape index (κ2) is 6.09. The van der Waals surface area contributed by atoms with Gasteiger partial charge in [-0.2, -0.15) is 16.9 Å². The van der Waals surface area contributed by atoms with Crippen LogP contribution in [-0.2, 0) is 6.54 Å². The fourth-order valence-electron chi connectivity index (χ4n) is 1.46. The van der Waals surface area contributed by atoms with Crippen molar-refractivity contribution in [3.05, 3.63) is 18.0 Å². The molecule has 0 radical (unpaired) electrons. The number of rotatable bonds is 6. The van der Waals surface area contributed by atoms with Crippen molar-refractivity contribution in [2.45, 2.75) is 32.4 Å². The summed E-state index contributed by atoms with van der Waals surface area (Å²) < 4.78 is 1.85. The molecule has 4 heteroatoms. The largest absolute Gasteiger partial charge is 0.387 e. The SMILES string of the molecule is CCn1nccc1C(O)CCCSC. The third-order valence-electron chi connectivity index (χ3n) is 2.22. The van der Waals surface area contributed by atoms with E-state index in [4.69, 9.17) is 0 Å². The Hall–Kier alpha value is -0.480. The minimum atomic E-state index is -0.357. The minimum absolute atomic E-state index is 0.357. The van der Waals surface area contributed by atoms with Gasteiger partial charge in [0.25, 0.3) is 0 Å². The van der Waals surface area contributed by atoms with E-state index in [1.165, 1.54) is 0 Å². The highest BCUT2D eigenvalue weighted by molar-refractivity contribution is 7.98. The van der Waals surface area contributed by atoms with Crippen molar-refractivity contribution in [1.29, 1.82) is 0 Å². The van der Waals surface area contributed by atoms with Gasteiger partial charge in [0.1, 0.15) is 0 Å². The Bertz CT molecular complexity index is 262. The zero-order valence-electron chi connectivity index (χ0n) is 8.81. The van der Waals surface area contributed by atoms with Gasteiger partial charge in [-0.25, -0.2) is 0 Å². The predicted molar refractivity (Wildman–Crippen MR) is 60.5 cm³/mol. The highest BCUT2D eigenvalue weighted by Crippen LogP contribution is 2.18. The molecule has 0 saturated carbocycles. The number of aliphatic hydroxyl groups excluding tert-OH is 1. The summed E-state index contributed by atoms with van der Waals surface area (Å²) in [5, 5.41) is 14.0. The first-order valence-corrected chi connectivity index (χ1v) is 6.37. The molecule has 0 bridgehead atoms. The van der Waals surface area contributed by atoms with E-state index in [1.54, 1.807) is 6.20 Å². The maximum absolute atomic E-state index is 9.88. The van der Waals surface area contributed by atoms with Gasteiger partial charge < -0.3 is 5.11 Å². The van der Waals surface area contributed by atoms with Crippen molar-refractivity contribution >= 4 is 11.8 Å². The van der Waals surface area contributed by atoms with E-state index in [1.807, 2.05) is 29.4 Å². The van der Waals surface area contributed by atoms with Crippen LogP contribution in [0.2, 0.25) is 0 Å². The maximum Gasteiger partial charge on any atom is 0.0957 e. The lowest BCUT2D eigenvalue weighted by atomic mass is 10.1. The summed E-state index contributed by atoms with van der Waals surface area (Å²) in [5.41, 5.74) is 0.939. The molecule has 0 amide bonds. The molecule has 0 spiro atoms. The number of thioether (sulfide) groups is 1. The molecule has 3 nitrogen and oxygen atoms in total.